The molecule has 0 aliphatic carbocycles. The predicted octanol–water partition coefficient (Wildman–Crippen LogP) is 5.00. The second kappa shape index (κ2) is 7.73. The summed E-state index contributed by atoms with van der Waals surface area (Å²) in [6, 6.07) is 11.1. The Morgan fingerprint density at radius 2 is 1.81 bits per heavy atom. The molecule has 0 bridgehead atoms. The Kier molecular flexibility index (Phi) is 5.56. The number of para-hydroxylation sites is 1. The van der Waals surface area contributed by atoms with Crippen molar-refractivity contribution in [2.75, 3.05) is 5.32 Å². The van der Waals surface area contributed by atoms with Crippen LogP contribution in [0.15, 0.2) is 63.3 Å². The Labute approximate surface area is 165 Å². The van der Waals surface area contributed by atoms with Crippen LogP contribution < -0.4 is 5.32 Å². The van der Waals surface area contributed by atoms with E-state index in [-0.39, 0.29) is 5.56 Å². The molecule has 3 rings (SSSR count). The molecule has 0 spiro atoms. The van der Waals surface area contributed by atoms with Gasteiger partial charge in [0.1, 0.15) is 0 Å². The third-order valence-corrected chi connectivity index (χ3v) is 4.96. The second-order valence-corrected chi connectivity index (χ2v) is 7.13. The van der Waals surface area contributed by atoms with Crippen molar-refractivity contribution < 1.29 is 18.0 Å². The maximum Gasteiger partial charge on any atom is 0.416 e. The number of hydrogen-bond acceptors (Lipinski definition) is 4. The standard InChI is InChI=1S/C17H12BrF3N4OS/c1-25-16(23-15(18)24-25)27-13-5-3-2-4-12(13)22-14(26)10-6-8-11(9-7-10)17(19,20)21/h2-9H,1H3,(H,22,26). The fourth-order valence-corrected chi connectivity index (χ4v) is 3.59. The Morgan fingerprint density at radius 3 is 2.41 bits per heavy atom. The van der Waals surface area contributed by atoms with Crippen molar-refractivity contribution in [3.63, 3.8) is 0 Å². The molecule has 3 aromatic rings. The minimum atomic E-state index is -4.44. The van der Waals surface area contributed by atoms with Crippen LogP contribution >= 0.6 is 27.7 Å². The molecule has 5 nitrogen and oxygen atoms in total. The average molecular weight is 457 g/mol. The van der Waals surface area contributed by atoms with E-state index >= 15 is 0 Å². The molecule has 1 amide bonds. The molecule has 0 saturated carbocycles. The van der Waals surface area contributed by atoms with Crippen molar-refractivity contribution in [3.05, 3.63) is 64.4 Å². The Balaban J connectivity index is 1.79. The Morgan fingerprint density at radius 1 is 1.15 bits per heavy atom. The first-order valence-corrected chi connectivity index (χ1v) is 9.17. The lowest BCUT2D eigenvalue weighted by Gasteiger charge is -2.11. The summed E-state index contributed by atoms with van der Waals surface area (Å²) in [7, 11) is 1.74. The van der Waals surface area contributed by atoms with E-state index in [0.29, 0.717) is 15.6 Å². The topological polar surface area (TPSA) is 59.8 Å². The number of aryl methyl sites for hydroxylation is 1. The van der Waals surface area contributed by atoms with Gasteiger partial charge in [0.05, 0.1) is 11.3 Å². The third kappa shape index (κ3) is 4.69. The summed E-state index contributed by atoms with van der Waals surface area (Å²) in [4.78, 5) is 17.4. The highest BCUT2D eigenvalue weighted by atomic mass is 79.9. The number of aromatic nitrogens is 3. The number of benzene rings is 2. The van der Waals surface area contributed by atoms with E-state index in [1.54, 1.807) is 29.9 Å². The number of amides is 1. The molecular formula is C17H12BrF3N4OS. The van der Waals surface area contributed by atoms with E-state index in [9.17, 15) is 18.0 Å². The summed E-state index contributed by atoms with van der Waals surface area (Å²) in [6.45, 7) is 0. The zero-order chi connectivity index (χ0) is 19.6. The van der Waals surface area contributed by atoms with Gasteiger partial charge in [-0.3, -0.25) is 4.79 Å². The predicted molar refractivity (Wildman–Crippen MR) is 98.7 cm³/mol. The van der Waals surface area contributed by atoms with E-state index in [4.69, 9.17) is 0 Å². The largest absolute Gasteiger partial charge is 0.416 e. The minimum absolute atomic E-state index is 0.129. The van der Waals surface area contributed by atoms with Crippen molar-refractivity contribution in [1.82, 2.24) is 14.8 Å². The number of anilines is 1. The van der Waals surface area contributed by atoms with Crippen LogP contribution in [0.2, 0.25) is 0 Å². The Hall–Kier alpha value is -2.33. The normalized spacial score (nSPS) is 11.4. The van der Waals surface area contributed by atoms with Crippen molar-refractivity contribution in [2.45, 2.75) is 16.2 Å². The lowest BCUT2D eigenvalue weighted by atomic mass is 10.1. The number of carbonyl (C=O) groups excluding carboxylic acids is 1. The highest BCUT2D eigenvalue weighted by Crippen LogP contribution is 2.33. The SMILES string of the molecule is Cn1nc(Br)nc1Sc1ccccc1NC(=O)c1ccc(C(F)(F)F)cc1. The zero-order valence-electron chi connectivity index (χ0n) is 13.8. The lowest BCUT2D eigenvalue weighted by molar-refractivity contribution is -0.137. The van der Waals surface area contributed by atoms with Crippen LogP contribution in [0.3, 0.4) is 0 Å². The molecule has 0 saturated heterocycles. The summed E-state index contributed by atoms with van der Waals surface area (Å²) in [5.41, 5.74) is -0.154. The fraction of sp³-hybridized carbons (Fsp3) is 0.118. The number of nitrogens with zero attached hydrogens (tertiary/aromatic N) is 3. The third-order valence-electron chi connectivity index (χ3n) is 3.51. The summed E-state index contributed by atoms with van der Waals surface area (Å²) in [6.07, 6.45) is -4.44. The smallest absolute Gasteiger partial charge is 0.321 e. The molecule has 0 aliphatic rings. The van der Waals surface area contributed by atoms with Gasteiger partial charge in [-0.1, -0.05) is 12.1 Å². The van der Waals surface area contributed by atoms with Crippen molar-refractivity contribution >= 4 is 39.3 Å². The molecule has 0 fully saturated rings. The van der Waals surface area contributed by atoms with Gasteiger partial charge in [-0.05, 0) is 64.1 Å². The monoisotopic (exact) mass is 456 g/mol. The molecule has 1 aromatic heterocycles. The van der Waals surface area contributed by atoms with E-state index < -0.39 is 17.6 Å². The molecule has 27 heavy (non-hydrogen) atoms. The number of hydrogen-bond donors (Lipinski definition) is 1. The minimum Gasteiger partial charge on any atom is -0.321 e. The molecule has 140 valence electrons. The van der Waals surface area contributed by atoms with Crippen LogP contribution in [0.1, 0.15) is 15.9 Å². The first kappa shape index (κ1) is 19.4. The van der Waals surface area contributed by atoms with Gasteiger partial charge >= 0.3 is 6.18 Å². The van der Waals surface area contributed by atoms with Crippen LogP contribution in [-0.2, 0) is 13.2 Å². The number of rotatable bonds is 4. The second-order valence-electron chi connectivity index (χ2n) is 5.41. The number of halogens is 4. The molecule has 10 heteroatoms. The van der Waals surface area contributed by atoms with E-state index in [2.05, 4.69) is 31.3 Å². The van der Waals surface area contributed by atoms with Gasteiger partial charge in [0.25, 0.3) is 5.91 Å². The van der Waals surface area contributed by atoms with Gasteiger partial charge < -0.3 is 5.32 Å². The average Bonchev–Trinajstić information content (AvgIpc) is 2.93. The van der Waals surface area contributed by atoms with Crippen LogP contribution in [0.5, 0.6) is 0 Å². The first-order valence-electron chi connectivity index (χ1n) is 7.56. The van der Waals surface area contributed by atoms with Gasteiger partial charge in [0, 0.05) is 17.5 Å². The molecule has 0 unspecified atom stereocenters. The number of carbonyl (C=O) groups is 1. The lowest BCUT2D eigenvalue weighted by Crippen LogP contribution is -2.13. The molecule has 1 heterocycles. The molecule has 2 aromatic carbocycles. The van der Waals surface area contributed by atoms with Gasteiger partial charge in [0.2, 0.25) is 4.73 Å². The Bertz CT molecular complexity index is 973. The van der Waals surface area contributed by atoms with Gasteiger partial charge in [0.15, 0.2) is 5.16 Å². The summed E-state index contributed by atoms with van der Waals surface area (Å²) in [5, 5.41) is 7.43. The van der Waals surface area contributed by atoms with E-state index in [1.807, 2.05) is 6.07 Å². The zero-order valence-corrected chi connectivity index (χ0v) is 16.2. The van der Waals surface area contributed by atoms with E-state index in [1.165, 1.54) is 11.8 Å². The molecule has 0 radical (unpaired) electrons. The quantitative estimate of drug-likeness (QED) is 0.599. The molecular weight excluding hydrogens is 445 g/mol. The van der Waals surface area contributed by atoms with Crippen LogP contribution in [-0.4, -0.2) is 20.7 Å². The highest BCUT2D eigenvalue weighted by Gasteiger charge is 2.30. The maximum atomic E-state index is 12.6. The van der Waals surface area contributed by atoms with Gasteiger partial charge in [-0.15, -0.1) is 5.10 Å². The highest BCUT2D eigenvalue weighted by molar-refractivity contribution is 9.10. The van der Waals surface area contributed by atoms with Crippen LogP contribution in [0, 0.1) is 0 Å². The summed E-state index contributed by atoms with van der Waals surface area (Å²) >= 11 is 4.50. The molecule has 1 N–H and O–H groups in total. The summed E-state index contributed by atoms with van der Waals surface area (Å²) < 4.78 is 40.0. The van der Waals surface area contributed by atoms with Crippen molar-refractivity contribution in [3.8, 4) is 0 Å². The van der Waals surface area contributed by atoms with Crippen molar-refractivity contribution in [1.29, 1.82) is 0 Å². The van der Waals surface area contributed by atoms with Crippen LogP contribution in [0.4, 0.5) is 18.9 Å². The van der Waals surface area contributed by atoms with Crippen molar-refractivity contribution in [2.24, 2.45) is 7.05 Å². The van der Waals surface area contributed by atoms with Crippen LogP contribution in [0.25, 0.3) is 0 Å². The van der Waals surface area contributed by atoms with E-state index in [0.717, 1.165) is 29.2 Å². The van der Waals surface area contributed by atoms with Gasteiger partial charge in [-0.2, -0.15) is 18.2 Å². The fourth-order valence-electron chi connectivity index (χ4n) is 2.19. The number of nitrogens with one attached hydrogen (secondary N) is 1. The number of alkyl halides is 3. The van der Waals surface area contributed by atoms with Gasteiger partial charge in [-0.25, -0.2) is 4.68 Å². The maximum absolute atomic E-state index is 12.6. The summed E-state index contributed by atoms with van der Waals surface area (Å²) in [5.74, 6) is -0.504. The first-order chi connectivity index (χ1) is 12.7. The molecule has 0 aliphatic heterocycles. The molecule has 0 atom stereocenters.